The van der Waals surface area contributed by atoms with Crippen molar-refractivity contribution >= 4 is 32.6 Å². The highest BCUT2D eigenvalue weighted by Crippen LogP contribution is 2.30. The lowest BCUT2D eigenvalue weighted by Crippen LogP contribution is -2.33. The quantitative estimate of drug-likeness (QED) is 0.450. The number of aromatic nitrogens is 2. The molecule has 7 heteroatoms. The Balaban J connectivity index is 1.54. The second-order valence-corrected chi connectivity index (χ2v) is 7.44. The van der Waals surface area contributed by atoms with Crippen LogP contribution < -0.4 is 4.90 Å². The summed E-state index contributed by atoms with van der Waals surface area (Å²) < 4.78 is 20.0. The monoisotopic (exact) mass is 407 g/mol. The van der Waals surface area contributed by atoms with Crippen LogP contribution in [0.4, 0.5) is 9.52 Å². The van der Waals surface area contributed by atoms with Gasteiger partial charge in [0.25, 0.3) is 5.91 Å². The van der Waals surface area contributed by atoms with Gasteiger partial charge in [0.1, 0.15) is 12.4 Å². The zero-order valence-electron chi connectivity index (χ0n) is 15.5. The van der Waals surface area contributed by atoms with Crippen molar-refractivity contribution in [3.05, 3.63) is 90.0 Å². The highest BCUT2D eigenvalue weighted by molar-refractivity contribution is 7.22. The molecule has 4 aromatic rings. The molecular weight excluding hydrogens is 389 g/mol. The fraction of sp³-hybridized carbons (Fsp3) is 0.136. The highest BCUT2D eigenvalue weighted by atomic mass is 32.1. The number of anilines is 1. The van der Waals surface area contributed by atoms with Crippen molar-refractivity contribution < 1.29 is 13.9 Å². The number of pyridine rings is 1. The molecule has 0 fully saturated rings. The van der Waals surface area contributed by atoms with Crippen molar-refractivity contribution in [3.63, 3.8) is 0 Å². The lowest BCUT2D eigenvalue weighted by atomic mass is 10.2. The molecular formula is C22H18FN3O2S. The van der Waals surface area contributed by atoms with Crippen LogP contribution >= 0.6 is 11.3 Å². The summed E-state index contributed by atoms with van der Waals surface area (Å²) in [5.41, 5.74) is 2.39. The molecule has 0 saturated carbocycles. The topological polar surface area (TPSA) is 55.3 Å². The Hall–Kier alpha value is -3.16. The summed E-state index contributed by atoms with van der Waals surface area (Å²) in [5, 5.41) is 0.503. The number of hydrogen-bond acceptors (Lipinski definition) is 5. The minimum atomic E-state index is -0.356. The maximum atomic E-state index is 13.5. The first-order chi connectivity index (χ1) is 14.2. The van der Waals surface area contributed by atoms with Gasteiger partial charge in [-0.3, -0.25) is 14.7 Å². The van der Waals surface area contributed by atoms with Crippen LogP contribution in [0.3, 0.4) is 0 Å². The van der Waals surface area contributed by atoms with Crippen molar-refractivity contribution in [1.29, 1.82) is 0 Å². The first-order valence-electron chi connectivity index (χ1n) is 9.06. The van der Waals surface area contributed by atoms with E-state index in [1.807, 2.05) is 42.5 Å². The molecule has 0 saturated heterocycles. The lowest BCUT2D eigenvalue weighted by molar-refractivity contribution is -0.123. The second kappa shape index (κ2) is 8.89. The Morgan fingerprint density at radius 1 is 1.07 bits per heavy atom. The number of hydrogen-bond donors (Lipinski definition) is 0. The molecule has 0 bridgehead atoms. The normalized spacial score (nSPS) is 10.9. The van der Waals surface area contributed by atoms with E-state index in [-0.39, 0.29) is 18.3 Å². The number of rotatable bonds is 7. The number of benzene rings is 2. The molecule has 0 aliphatic heterocycles. The van der Waals surface area contributed by atoms with Gasteiger partial charge in [-0.2, -0.15) is 0 Å². The van der Waals surface area contributed by atoms with Crippen molar-refractivity contribution in [3.8, 4) is 0 Å². The maximum Gasteiger partial charge on any atom is 0.255 e. The second-order valence-electron chi connectivity index (χ2n) is 6.43. The van der Waals surface area contributed by atoms with Gasteiger partial charge in [0, 0.05) is 18.5 Å². The van der Waals surface area contributed by atoms with E-state index in [2.05, 4.69) is 9.97 Å². The molecule has 0 aliphatic rings. The van der Waals surface area contributed by atoms with Gasteiger partial charge in [-0.15, -0.1) is 0 Å². The average Bonchev–Trinajstić information content (AvgIpc) is 3.16. The van der Waals surface area contributed by atoms with Gasteiger partial charge in [-0.25, -0.2) is 9.37 Å². The summed E-state index contributed by atoms with van der Waals surface area (Å²) in [4.78, 5) is 23.1. The molecule has 0 atom stereocenters. The number of carbonyl (C=O) groups excluding carboxylic acids is 1. The number of halogens is 1. The van der Waals surface area contributed by atoms with E-state index in [1.165, 1.54) is 23.5 Å². The molecule has 0 unspecified atom stereocenters. The van der Waals surface area contributed by atoms with Crippen LogP contribution in [0.5, 0.6) is 0 Å². The Labute approximate surface area is 171 Å². The molecule has 2 aromatic carbocycles. The van der Waals surface area contributed by atoms with Crippen LogP contribution in [-0.2, 0) is 22.7 Å². The molecule has 146 valence electrons. The predicted molar refractivity (Wildman–Crippen MR) is 111 cm³/mol. The molecule has 5 nitrogen and oxygen atoms in total. The molecule has 2 heterocycles. The van der Waals surface area contributed by atoms with Gasteiger partial charge in [-0.05, 0) is 29.3 Å². The predicted octanol–water partition coefficient (Wildman–Crippen LogP) is 4.58. The van der Waals surface area contributed by atoms with Gasteiger partial charge in [0.15, 0.2) is 5.13 Å². The summed E-state index contributed by atoms with van der Waals surface area (Å²) in [6, 6.07) is 17.8. The van der Waals surface area contributed by atoms with Crippen molar-refractivity contribution in [2.45, 2.75) is 13.2 Å². The summed E-state index contributed by atoms with van der Waals surface area (Å²) in [5.74, 6) is -0.574. The Morgan fingerprint density at radius 3 is 2.69 bits per heavy atom. The van der Waals surface area contributed by atoms with E-state index >= 15 is 0 Å². The Morgan fingerprint density at radius 2 is 1.90 bits per heavy atom. The fourth-order valence-corrected chi connectivity index (χ4v) is 3.81. The zero-order valence-corrected chi connectivity index (χ0v) is 16.3. The first-order valence-corrected chi connectivity index (χ1v) is 9.88. The molecule has 0 aliphatic carbocycles. The standard InChI is InChI=1S/C22H18FN3O2S/c23-18-8-9-20-19(11-18)25-22(29-20)26(13-17-7-4-10-24-12-17)21(27)15-28-14-16-5-2-1-3-6-16/h1-12H,13-15H2. The van der Waals surface area contributed by atoms with Crippen LogP contribution in [0.1, 0.15) is 11.1 Å². The van der Waals surface area contributed by atoms with Crippen molar-refractivity contribution in [2.24, 2.45) is 0 Å². The van der Waals surface area contributed by atoms with Crippen LogP contribution in [0, 0.1) is 5.82 Å². The third-order valence-corrected chi connectivity index (χ3v) is 5.33. The van der Waals surface area contributed by atoms with Crippen LogP contribution in [-0.4, -0.2) is 22.5 Å². The maximum absolute atomic E-state index is 13.5. The number of thiazole rings is 1. The number of nitrogens with zero attached hydrogens (tertiary/aromatic N) is 3. The Bertz CT molecular complexity index is 1100. The third-order valence-electron chi connectivity index (χ3n) is 4.27. The van der Waals surface area contributed by atoms with E-state index in [0.29, 0.717) is 23.8 Å². The van der Waals surface area contributed by atoms with Gasteiger partial charge in [-0.1, -0.05) is 47.7 Å². The summed E-state index contributed by atoms with van der Waals surface area (Å²) in [7, 11) is 0. The summed E-state index contributed by atoms with van der Waals surface area (Å²) >= 11 is 1.34. The van der Waals surface area contributed by atoms with E-state index < -0.39 is 0 Å². The van der Waals surface area contributed by atoms with Crippen LogP contribution in [0.25, 0.3) is 10.2 Å². The fourth-order valence-electron chi connectivity index (χ4n) is 2.85. The van der Waals surface area contributed by atoms with E-state index in [1.54, 1.807) is 23.4 Å². The SMILES string of the molecule is O=C(COCc1ccccc1)N(Cc1cccnc1)c1nc2cc(F)ccc2s1. The van der Waals surface area contributed by atoms with Gasteiger partial charge in [0.2, 0.25) is 0 Å². The molecule has 4 rings (SSSR count). The smallest absolute Gasteiger partial charge is 0.255 e. The molecule has 1 amide bonds. The number of carbonyl (C=O) groups is 1. The minimum absolute atomic E-state index is 0.0839. The lowest BCUT2D eigenvalue weighted by Gasteiger charge is -2.20. The zero-order chi connectivity index (χ0) is 20.1. The van der Waals surface area contributed by atoms with Crippen molar-refractivity contribution in [1.82, 2.24) is 9.97 Å². The largest absolute Gasteiger partial charge is 0.367 e. The van der Waals surface area contributed by atoms with Crippen LogP contribution in [0.2, 0.25) is 0 Å². The molecule has 29 heavy (non-hydrogen) atoms. The average molecular weight is 407 g/mol. The molecule has 0 N–H and O–H groups in total. The number of fused-ring (bicyclic) bond motifs is 1. The molecule has 2 aromatic heterocycles. The highest BCUT2D eigenvalue weighted by Gasteiger charge is 2.20. The molecule has 0 spiro atoms. The number of ether oxygens (including phenoxy) is 1. The van der Waals surface area contributed by atoms with Gasteiger partial charge in [0.05, 0.1) is 23.4 Å². The van der Waals surface area contributed by atoms with E-state index in [9.17, 15) is 9.18 Å². The number of amides is 1. The van der Waals surface area contributed by atoms with Crippen LogP contribution in [0.15, 0.2) is 73.1 Å². The van der Waals surface area contributed by atoms with Gasteiger partial charge >= 0.3 is 0 Å². The van der Waals surface area contributed by atoms with Crippen molar-refractivity contribution in [2.75, 3.05) is 11.5 Å². The van der Waals surface area contributed by atoms with Gasteiger partial charge < -0.3 is 4.74 Å². The van der Waals surface area contributed by atoms with E-state index in [4.69, 9.17) is 4.74 Å². The van der Waals surface area contributed by atoms with E-state index in [0.717, 1.165) is 15.8 Å². The molecule has 0 radical (unpaired) electrons. The summed E-state index contributed by atoms with van der Waals surface area (Å²) in [6.45, 7) is 0.571. The first kappa shape index (κ1) is 19.2. The summed E-state index contributed by atoms with van der Waals surface area (Å²) in [6.07, 6.45) is 3.39. The Kier molecular flexibility index (Phi) is 5.88. The third kappa shape index (κ3) is 4.82. The minimum Gasteiger partial charge on any atom is -0.367 e.